The maximum Gasteiger partial charge on any atom is 0.340 e. The van der Waals surface area contributed by atoms with E-state index in [1.807, 2.05) is 0 Å². The Bertz CT molecular complexity index is 1250. The number of benzene rings is 2. The van der Waals surface area contributed by atoms with Crippen molar-refractivity contribution in [2.75, 3.05) is 11.9 Å². The summed E-state index contributed by atoms with van der Waals surface area (Å²) in [7, 11) is 0. The molecule has 1 amide bonds. The Morgan fingerprint density at radius 2 is 1.97 bits per heavy atom. The average Bonchev–Trinajstić information content (AvgIpc) is 3.26. The SMILES string of the molecule is CCOC(=O)c1ccccc1NC(=O)/C(C#N)=C/c1ccc(-c2cccc([N+](=O)[O-])c2)o1. The Kier molecular flexibility index (Phi) is 6.78. The lowest BCUT2D eigenvalue weighted by molar-refractivity contribution is -0.384. The molecule has 0 saturated carbocycles. The number of carbonyl (C=O) groups is 2. The van der Waals surface area contributed by atoms with E-state index in [1.54, 1.807) is 37.3 Å². The van der Waals surface area contributed by atoms with Gasteiger partial charge in [0.25, 0.3) is 11.6 Å². The van der Waals surface area contributed by atoms with Gasteiger partial charge in [0.15, 0.2) is 0 Å². The summed E-state index contributed by atoms with van der Waals surface area (Å²) in [5.41, 5.74) is 0.488. The first-order valence-electron chi connectivity index (χ1n) is 9.47. The molecular formula is C23H17N3O6. The molecule has 160 valence electrons. The van der Waals surface area contributed by atoms with Crippen molar-refractivity contribution in [3.8, 4) is 17.4 Å². The van der Waals surface area contributed by atoms with Crippen molar-refractivity contribution in [2.45, 2.75) is 6.92 Å². The monoisotopic (exact) mass is 431 g/mol. The molecule has 0 spiro atoms. The minimum Gasteiger partial charge on any atom is -0.462 e. The van der Waals surface area contributed by atoms with Crippen molar-refractivity contribution >= 4 is 29.3 Å². The van der Waals surface area contributed by atoms with Crippen LogP contribution < -0.4 is 5.32 Å². The van der Waals surface area contributed by atoms with Gasteiger partial charge in [-0.1, -0.05) is 24.3 Å². The van der Waals surface area contributed by atoms with Gasteiger partial charge in [-0.15, -0.1) is 0 Å². The number of esters is 1. The summed E-state index contributed by atoms with van der Waals surface area (Å²) in [5.74, 6) is -0.793. The molecule has 0 aliphatic carbocycles. The number of nitriles is 1. The molecule has 32 heavy (non-hydrogen) atoms. The largest absolute Gasteiger partial charge is 0.462 e. The Labute approximate surface area is 182 Å². The average molecular weight is 431 g/mol. The maximum absolute atomic E-state index is 12.6. The number of ether oxygens (including phenoxy) is 1. The number of furan rings is 1. The highest BCUT2D eigenvalue weighted by molar-refractivity contribution is 6.11. The second kappa shape index (κ2) is 9.86. The number of nitrogens with one attached hydrogen (secondary N) is 1. The number of hydrogen-bond acceptors (Lipinski definition) is 7. The highest BCUT2D eigenvalue weighted by Crippen LogP contribution is 2.27. The molecule has 3 aromatic rings. The number of nitro benzene ring substituents is 1. The predicted molar refractivity (Wildman–Crippen MR) is 115 cm³/mol. The van der Waals surface area contributed by atoms with E-state index in [0.717, 1.165) is 0 Å². The molecule has 1 aromatic heterocycles. The van der Waals surface area contributed by atoms with E-state index in [9.17, 15) is 25.0 Å². The van der Waals surface area contributed by atoms with E-state index in [1.165, 1.54) is 42.5 Å². The summed E-state index contributed by atoms with van der Waals surface area (Å²) in [6, 6.07) is 17.1. The van der Waals surface area contributed by atoms with Crippen molar-refractivity contribution in [1.29, 1.82) is 5.26 Å². The lowest BCUT2D eigenvalue weighted by Gasteiger charge is -2.09. The second-order valence-electron chi connectivity index (χ2n) is 6.40. The Balaban J connectivity index is 1.83. The molecule has 9 nitrogen and oxygen atoms in total. The summed E-state index contributed by atoms with van der Waals surface area (Å²) in [6.45, 7) is 1.84. The van der Waals surface area contributed by atoms with Gasteiger partial charge in [-0.3, -0.25) is 14.9 Å². The van der Waals surface area contributed by atoms with Crippen molar-refractivity contribution in [3.05, 3.63) is 87.7 Å². The number of carbonyl (C=O) groups excluding carboxylic acids is 2. The topological polar surface area (TPSA) is 135 Å². The van der Waals surface area contributed by atoms with Gasteiger partial charge < -0.3 is 14.5 Å². The van der Waals surface area contributed by atoms with E-state index in [2.05, 4.69) is 5.32 Å². The Morgan fingerprint density at radius 3 is 2.69 bits per heavy atom. The van der Waals surface area contributed by atoms with Gasteiger partial charge in [-0.05, 0) is 31.2 Å². The number of nitrogens with zero attached hydrogens (tertiary/aromatic N) is 2. The first kappa shape index (κ1) is 22.0. The molecule has 3 rings (SSSR count). The van der Waals surface area contributed by atoms with Crippen LogP contribution >= 0.6 is 0 Å². The smallest absolute Gasteiger partial charge is 0.340 e. The van der Waals surface area contributed by atoms with Gasteiger partial charge in [0.05, 0.1) is 22.8 Å². The quantitative estimate of drug-likeness (QED) is 0.190. The van der Waals surface area contributed by atoms with Crippen LogP contribution in [-0.2, 0) is 9.53 Å². The third kappa shape index (κ3) is 5.06. The fraction of sp³-hybridized carbons (Fsp3) is 0.0870. The molecule has 0 saturated heterocycles. The van der Waals surface area contributed by atoms with Crippen LogP contribution in [0.25, 0.3) is 17.4 Å². The molecule has 0 radical (unpaired) electrons. The summed E-state index contributed by atoms with van der Waals surface area (Å²) in [4.78, 5) is 35.1. The lowest BCUT2D eigenvalue weighted by Crippen LogP contribution is -2.17. The van der Waals surface area contributed by atoms with Gasteiger partial charge >= 0.3 is 5.97 Å². The zero-order chi connectivity index (χ0) is 23.1. The van der Waals surface area contributed by atoms with Gasteiger partial charge in [-0.2, -0.15) is 5.26 Å². The maximum atomic E-state index is 12.6. The molecular weight excluding hydrogens is 414 g/mol. The van der Waals surface area contributed by atoms with Gasteiger partial charge in [-0.25, -0.2) is 4.79 Å². The number of hydrogen-bond donors (Lipinski definition) is 1. The highest BCUT2D eigenvalue weighted by Gasteiger charge is 2.17. The van der Waals surface area contributed by atoms with Gasteiger partial charge in [0.2, 0.25) is 0 Å². The molecule has 0 bridgehead atoms. The van der Waals surface area contributed by atoms with E-state index < -0.39 is 16.8 Å². The fourth-order valence-electron chi connectivity index (χ4n) is 2.82. The van der Waals surface area contributed by atoms with E-state index in [4.69, 9.17) is 9.15 Å². The normalized spacial score (nSPS) is 10.8. The van der Waals surface area contributed by atoms with Crippen LogP contribution in [0.2, 0.25) is 0 Å². The van der Waals surface area contributed by atoms with Crippen molar-refractivity contribution in [3.63, 3.8) is 0 Å². The molecule has 1 N–H and O–H groups in total. The number of non-ortho nitro benzene ring substituents is 1. The zero-order valence-electron chi connectivity index (χ0n) is 16.9. The minimum absolute atomic E-state index is 0.0895. The van der Waals surface area contributed by atoms with E-state index in [-0.39, 0.29) is 34.9 Å². The summed E-state index contributed by atoms with van der Waals surface area (Å²) in [6.07, 6.45) is 1.24. The van der Waals surface area contributed by atoms with Gasteiger partial charge in [0.1, 0.15) is 23.2 Å². The van der Waals surface area contributed by atoms with Crippen molar-refractivity contribution in [1.82, 2.24) is 0 Å². The molecule has 1 heterocycles. The molecule has 0 unspecified atom stereocenters. The van der Waals surface area contributed by atoms with Crippen molar-refractivity contribution < 1.29 is 23.7 Å². The van der Waals surface area contributed by atoms with Crippen LogP contribution in [0.3, 0.4) is 0 Å². The minimum atomic E-state index is -0.738. The lowest BCUT2D eigenvalue weighted by atomic mass is 10.1. The number of nitro groups is 1. The van der Waals surface area contributed by atoms with Crippen LogP contribution in [0.5, 0.6) is 0 Å². The molecule has 0 atom stereocenters. The van der Waals surface area contributed by atoms with Crippen LogP contribution in [-0.4, -0.2) is 23.4 Å². The predicted octanol–water partition coefficient (Wildman–Crippen LogP) is 4.58. The summed E-state index contributed by atoms with van der Waals surface area (Å²) in [5, 5.41) is 22.9. The third-order valence-corrected chi connectivity index (χ3v) is 4.29. The summed E-state index contributed by atoms with van der Waals surface area (Å²) < 4.78 is 10.6. The zero-order valence-corrected chi connectivity index (χ0v) is 16.9. The van der Waals surface area contributed by atoms with Crippen LogP contribution in [0.15, 0.2) is 70.7 Å². The number of rotatable bonds is 7. The molecule has 0 aliphatic rings. The van der Waals surface area contributed by atoms with Crippen LogP contribution in [0, 0.1) is 21.4 Å². The molecule has 2 aromatic carbocycles. The third-order valence-electron chi connectivity index (χ3n) is 4.29. The summed E-state index contributed by atoms with van der Waals surface area (Å²) >= 11 is 0. The standard InChI is InChI=1S/C23H17N3O6/c1-2-31-23(28)19-8-3-4-9-20(19)25-22(27)16(14-24)13-18-10-11-21(32-18)15-6-5-7-17(12-15)26(29)30/h3-13H,2H2,1H3,(H,25,27)/b16-13+. The van der Waals surface area contributed by atoms with Crippen molar-refractivity contribution in [2.24, 2.45) is 0 Å². The second-order valence-corrected chi connectivity index (χ2v) is 6.40. The van der Waals surface area contributed by atoms with Crippen LogP contribution in [0.1, 0.15) is 23.0 Å². The van der Waals surface area contributed by atoms with Crippen LogP contribution in [0.4, 0.5) is 11.4 Å². The highest BCUT2D eigenvalue weighted by atomic mass is 16.6. The van der Waals surface area contributed by atoms with Gasteiger partial charge in [0, 0.05) is 23.8 Å². The molecule has 9 heteroatoms. The number of amides is 1. The van der Waals surface area contributed by atoms with E-state index in [0.29, 0.717) is 11.3 Å². The van der Waals surface area contributed by atoms with E-state index >= 15 is 0 Å². The number of anilines is 1. The fourth-order valence-corrected chi connectivity index (χ4v) is 2.82. The first-order chi connectivity index (χ1) is 15.4. The Morgan fingerprint density at radius 1 is 1.19 bits per heavy atom. The first-order valence-corrected chi connectivity index (χ1v) is 9.47. The molecule has 0 aliphatic heterocycles. The number of para-hydroxylation sites is 1. The Hall–Kier alpha value is -4.71. The molecule has 0 fully saturated rings.